The zero-order chi connectivity index (χ0) is 10.9. The van der Waals surface area contributed by atoms with Crippen LogP contribution in [0.3, 0.4) is 0 Å². The highest BCUT2D eigenvalue weighted by molar-refractivity contribution is 7.64. The summed E-state index contributed by atoms with van der Waals surface area (Å²) >= 11 is 0. The first-order chi connectivity index (χ1) is 6.34. The summed E-state index contributed by atoms with van der Waals surface area (Å²) in [5, 5.41) is 0.262. The van der Waals surface area contributed by atoms with Crippen LogP contribution in [0.2, 0.25) is 0 Å². The Labute approximate surface area is 87.9 Å². The van der Waals surface area contributed by atoms with Crippen LogP contribution in [0.4, 0.5) is 0 Å². The molecule has 0 saturated carbocycles. The van der Waals surface area contributed by atoms with E-state index in [-0.39, 0.29) is 13.2 Å². The van der Waals surface area contributed by atoms with E-state index in [1.165, 1.54) is 5.57 Å². The van der Waals surface area contributed by atoms with Gasteiger partial charge in [-0.05, 0) is 14.1 Å². The van der Waals surface area contributed by atoms with E-state index in [1.54, 1.807) is 0 Å². The van der Waals surface area contributed by atoms with E-state index in [0.717, 1.165) is 0 Å². The predicted molar refractivity (Wildman–Crippen MR) is 63.2 cm³/mol. The second-order valence-electron chi connectivity index (χ2n) is 4.67. The fraction of sp³-hybridized carbons (Fsp3) is 0.700. The molecule has 1 atom stereocenters. The molecule has 0 radical (unpaired) electrons. The lowest BCUT2D eigenvalue weighted by atomic mass is 10.3. The van der Waals surface area contributed by atoms with Crippen molar-refractivity contribution < 1.29 is 0 Å². The lowest BCUT2D eigenvalue weighted by Crippen LogP contribution is -2.32. The van der Waals surface area contributed by atoms with E-state index in [2.05, 4.69) is 56.1 Å². The number of rotatable bonds is 2. The van der Waals surface area contributed by atoms with Crippen molar-refractivity contribution in [3.05, 3.63) is 12.4 Å². The van der Waals surface area contributed by atoms with E-state index in [4.69, 9.17) is 0 Å². The second-order valence-corrected chi connectivity index (χ2v) is 7.83. The van der Waals surface area contributed by atoms with Crippen LogP contribution in [-0.2, 0) is 7.05 Å². The van der Waals surface area contributed by atoms with Gasteiger partial charge in [-0.2, -0.15) is 0 Å². The van der Waals surface area contributed by atoms with Gasteiger partial charge in [0.1, 0.15) is 5.57 Å². The molecule has 14 heavy (non-hydrogen) atoms. The first kappa shape index (κ1) is 11.7. The number of hydrogen-bond acceptors (Lipinski definition) is 2. The van der Waals surface area contributed by atoms with Gasteiger partial charge < -0.3 is 4.57 Å². The third-order valence-corrected chi connectivity index (χ3v) is 4.90. The summed E-state index contributed by atoms with van der Waals surface area (Å²) in [4.78, 5) is 4.45. The summed E-state index contributed by atoms with van der Waals surface area (Å²) in [6.07, 6.45) is 3.89. The second kappa shape index (κ2) is 4.00. The highest BCUT2D eigenvalue weighted by Gasteiger charge is 2.30. The Morgan fingerprint density at radius 2 is 1.93 bits per heavy atom. The Hall–Kier alpha value is -0.400. The maximum Gasteiger partial charge on any atom is 0.146 e. The number of aryl methyl sites for hydroxylation is 1. The molecule has 0 aliphatic rings. The van der Waals surface area contributed by atoms with Crippen LogP contribution in [-0.4, -0.2) is 33.5 Å². The Morgan fingerprint density at radius 3 is 2.21 bits per heavy atom. The van der Waals surface area contributed by atoms with Crippen LogP contribution >= 0.6 is 8.07 Å². The number of nitrogens with zero attached hydrogens (tertiary/aromatic N) is 3. The first-order valence-corrected chi connectivity index (χ1v) is 6.08. The zero-order valence-corrected chi connectivity index (χ0v) is 10.8. The van der Waals surface area contributed by atoms with Gasteiger partial charge in [-0.1, -0.05) is 20.8 Å². The smallest absolute Gasteiger partial charge is 0.146 e. The summed E-state index contributed by atoms with van der Waals surface area (Å²) in [5.74, 6) is 0. The lowest BCUT2D eigenvalue weighted by molar-refractivity contribution is 0.633. The van der Waals surface area contributed by atoms with Gasteiger partial charge in [-0.25, -0.2) is 4.98 Å². The normalized spacial score (nSPS) is 14.8. The Bertz CT molecular complexity index is 299. The molecule has 0 aromatic carbocycles. The minimum absolute atomic E-state index is 0.262. The summed E-state index contributed by atoms with van der Waals surface area (Å²) in [6.45, 7) is 6.81. The van der Waals surface area contributed by atoms with Crippen molar-refractivity contribution in [1.29, 1.82) is 0 Å². The van der Waals surface area contributed by atoms with Crippen LogP contribution in [0.25, 0.3) is 0 Å². The van der Waals surface area contributed by atoms with E-state index < -0.39 is 0 Å². The highest BCUT2D eigenvalue weighted by Crippen LogP contribution is 2.48. The molecule has 1 aromatic heterocycles. The van der Waals surface area contributed by atoms with E-state index in [0.29, 0.717) is 0 Å². The maximum absolute atomic E-state index is 4.45. The van der Waals surface area contributed by atoms with Crippen LogP contribution in [0.15, 0.2) is 12.4 Å². The first-order valence-electron chi connectivity index (χ1n) is 4.79. The molecule has 1 aromatic rings. The Morgan fingerprint density at radius 1 is 1.36 bits per heavy atom. The summed E-state index contributed by atoms with van der Waals surface area (Å²) in [6, 6.07) is 0. The molecule has 80 valence electrons. The van der Waals surface area contributed by atoms with Gasteiger partial charge in [-0.3, -0.25) is 4.67 Å². The molecular formula is C10H20N3P. The number of aromatic nitrogens is 2. The van der Waals surface area contributed by atoms with Gasteiger partial charge in [0.25, 0.3) is 0 Å². The van der Waals surface area contributed by atoms with Crippen molar-refractivity contribution in [2.24, 2.45) is 7.05 Å². The monoisotopic (exact) mass is 213 g/mol. The van der Waals surface area contributed by atoms with Crippen molar-refractivity contribution in [1.82, 2.24) is 14.2 Å². The molecule has 0 saturated heterocycles. The van der Waals surface area contributed by atoms with E-state index >= 15 is 0 Å². The Kier molecular flexibility index (Phi) is 3.33. The number of imidazole rings is 1. The molecule has 3 nitrogen and oxygen atoms in total. The van der Waals surface area contributed by atoms with Gasteiger partial charge in [0.2, 0.25) is 0 Å². The minimum Gasteiger partial charge on any atom is -0.333 e. The average Bonchev–Trinajstić information content (AvgIpc) is 2.32. The SMILES string of the molecule is CN(C)P(c1nccn1C)C(C)(C)C. The van der Waals surface area contributed by atoms with Crippen molar-refractivity contribution in [2.45, 2.75) is 25.9 Å². The topological polar surface area (TPSA) is 21.1 Å². The summed E-state index contributed by atoms with van der Waals surface area (Å²) in [5.41, 5.74) is 1.19. The van der Waals surface area contributed by atoms with Crippen molar-refractivity contribution in [3.8, 4) is 0 Å². The molecule has 0 fully saturated rings. The van der Waals surface area contributed by atoms with Crippen molar-refractivity contribution >= 4 is 13.6 Å². The molecule has 1 heterocycles. The van der Waals surface area contributed by atoms with Gasteiger partial charge in [0, 0.05) is 32.7 Å². The predicted octanol–water partition coefficient (Wildman–Crippen LogP) is 1.80. The lowest BCUT2D eigenvalue weighted by Gasteiger charge is -2.35. The van der Waals surface area contributed by atoms with Crippen molar-refractivity contribution in [3.63, 3.8) is 0 Å². The molecule has 0 N–H and O–H groups in total. The molecule has 0 bridgehead atoms. The van der Waals surface area contributed by atoms with Gasteiger partial charge >= 0.3 is 0 Å². The van der Waals surface area contributed by atoms with Crippen molar-refractivity contribution in [2.75, 3.05) is 14.1 Å². The number of hydrogen-bond donors (Lipinski definition) is 0. The maximum atomic E-state index is 4.45. The standard InChI is InChI=1S/C10H20N3P/c1-10(2,3)14(12(4)5)9-11-7-8-13(9)6/h7-8H,1-6H3. The largest absolute Gasteiger partial charge is 0.333 e. The summed E-state index contributed by atoms with van der Waals surface area (Å²) in [7, 11) is 5.97. The van der Waals surface area contributed by atoms with Crippen LogP contribution in [0.1, 0.15) is 20.8 Å². The fourth-order valence-corrected chi connectivity index (χ4v) is 4.34. The third-order valence-electron chi connectivity index (χ3n) is 2.02. The average molecular weight is 213 g/mol. The Balaban J connectivity index is 3.08. The van der Waals surface area contributed by atoms with Gasteiger partial charge in [-0.15, -0.1) is 0 Å². The minimum atomic E-state index is -0.354. The molecule has 0 aliphatic carbocycles. The highest BCUT2D eigenvalue weighted by atomic mass is 31.1. The van der Waals surface area contributed by atoms with Crippen LogP contribution in [0.5, 0.6) is 0 Å². The molecule has 0 spiro atoms. The third kappa shape index (κ3) is 2.34. The van der Waals surface area contributed by atoms with E-state index in [9.17, 15) is 0 Å². The van der Waals surface area contributed by atoms with Crippen LogP contribution in [0, 0.1) is 0 Å². The molecular weight excluding hydrogens is 193 g/mol. The molecule has 0 aliphatic heterocycles. The van der Waals surface area contributed by atoms with Gasteiger partial charge in [0.05, 0.1) is 0 Å². The zero-order valence-electron chi connectivity index (χ0n) is 9.94. The molecule has 4 heteroatoms. The molecule has 1 unspecified atom stereocenters. The van der Waals surface area contributed by atoms with Gasteiger partial charge in [0.15, 0.2) is 0 Å². The molecule has 0 amide bonds. The fourth-order valence-electron chi connectivity index (χ4n) is 1.64. The van der Waals surface area contributed by atoms with E-state index in [1.807, 2.05) is 12.4 Å². The van der Waals surface area contributed by atoms with Crippen LogP contribution < -0.4 is 5.57 Å². The quantitative estimate of drug-likeness (QED) is 0.698. The molecule has 1 rings (SSSR count). The summed E-state index contributed by atoms with van der Waals surface area (Å²) < 4.78 is 4.41.